The summed E-state index contributed by atoms with van der Waals surface area (Å²) >= 11 is 0. The Morgan fingerprint density at radius 3 is 2.71 bits per heavy atom. The monoisotopic (exact) mass is 238 g/mol. The molecule has 0 aromatic heterocycles. The van der Waals surface area contributed by atoms with Gasteiger partial charge in [0.2, 0.25) is 0 Å². The van der Waals surface area contributed by atoms with Gasteiger partial charge in [-0.3, -0.25) is 4.79 Å². The first kappa shape index (κ1) is 13.4. The number of rotatable bonds is 7. The maximum atomic E-state index is 10.3. The van der Waals surface area contributed by atoms with Crippen LogP contribution < -0.4 is 9.47 Å². The first-order valence-electron chi connectivity index (χ1n) is 5.69. The van der Waals surface area contributed by atoms with Crippen molar-refractivity contribution in [2.24, 2.45) is 0 Å². The van der Waals surface area contributed by atoms with E-state index in [0.29, 0.717) is 24.5 Å². The molecular formula is C13H18O4. The molecule has 0 spiro atoms. The molecule has 0 atom stereocenters. The summed E-state index contributed by atoms with van der Waals surface area (Å²) in [7, 11) is 1.60. The van der Waals surface area contributed by atoms with Crippen molar-refractivity contribution >= 4 is 5.97 Å². The van der Waals surface area contributed by atoms with Gasteiger partial charge in [0, 0.05) is 6.42 Å². The Bertz CT molecular complexity index is 374. The fraction of sp³-hybridized carbons (Fsp3) is 0.462. The molecule has 0 aliphatic heterocycles. The zero-order valence-corrected chi connectivity index (χ0v) is 10.2. The number of hydrogen-bond acceptors (Lipinski definition) is 3. The number of carboxylic acid groups (broad SMARTS) is 1. The number of aryl methyl sites for hydroxylation is 1. The summed E-state index contributed by atoms with van der Waals surface area (Å²) in [6, 6.07) is 5.78. The Kier molecular flexibility index (Phi) is 5.33. The van der Waals surface area contributed by atoms with Gasteiger partial charge in [-0.2, -0.15) is 0 Å². The number of ether oxygens (including phenoxy) is 2. The highest BCUT2D eigenvalue weighted by Gasteiger charge is 2.05. The van der Waals surface area contributed by atoms with Gasteiger partial charge in [0.25, 0.3) is 0 Å². The number of hydrogen-bond donors (Lipinski definition) is 1. The number of carbonyl (C=O) groups is 1. The fourth-order valence-electron chi connectivity index (χ4n) is 1.46. The van der Waals surface area contributed by atoms with Crippen molar-refractivity contribution in [1.29, 1.82) is 0 Å². The molecule has 0 heterocycles. The topological polar surface area (TPSA) is 55.8 Å². The van der Waals surface area contributed by atoms with E-state index in [1.807, 2.05) is 18.2 Å². The van der Waals surface area contributed by atoms with Gasteiger partial charge in [-0.1, -0.05) is 13.0 Å². The average molecular weight is 238 g/mol. The minimum absolute atomic E-state index is 0.120. The lowest BCUT2D eigenvalue weighted by Crippen LogP contribution is -2.03. The SMILES string of the molecule is CCc1ccc(OCCCC(=O)O)c(OC)c1. The molecule has 0 aliphatic carbocycles. The zero-order chi connectivity index (χ0) is 12.7. The van der Waals surface area contributed by atoms with E-state index in [2.05, 4.69) is 6.92 Å². The molecular weight excluding hydrogens is 220 g/mol. The maximum Gasteiger partial charge on any atom is 0.303 e. The summed E-state index contributed by atoms with van der Waals surface area (Å²) in [5.74, 6) is 0.552. The van der Waals surface area contributed by atoms with Crippen LogP contribution in [-0.2, 0) is 11.2 Å². The van der Waals surface area contributed by atoms with E-state index in [1.54, 1.807) is 7.11 Å². The quantitative estimate of drug-likeness (QED) is 0.741. The molecule has 1 aromatic rings. The van der Waals surface area contributed by atoms with Crippen molar-refractivity contribution < 1.29 is 19.4 Å². The predicted molar refractivity (Wildman–Crippen MR) is 64.7 cm³/mol. The molecule has 0 aliphatic rings. The normalized spacial score (nSPS) is 10.0. The molecule has 0 unspecified atom stereocenters. The molecule has 0 radical (unpaired) electrons. The van der Waals surface area contributed by atoms with Crippen molar-refractivity contribution in [3.8, 4) is 11.5 Å². The third-order valence-corrected chi connectivity index (χ3v) is 2.43. The summed E-state index contributed by atoms with van der Waals surface area (Å²) in [5.41, 5.74) is 1.18. The van der Waals surface area contributed by atoms with Crippen LogP contribution in [0.4, 0.5) is 0 Å². The average Bonchev–Trinajstić information content (AvgIpc) is 2.34. The third kappa shape index (κ3) is 4.34. The number of carboxylic acids is 1. The van der Waals surface area contributed by atoms with E-state index in [0.717, 1.165) is 6.42 Å². The van der Waals surface area contributed by atoms with Gasteiger partial charge < -0.3 is 14.6 Å². The van der Waals surface area contributed by atoms with Gasteiger partial charge in [0.05, 0.1) is 13.7 Å². The third-order valence-electron chi connectivity index (χ3n) is 2.43. The van der Waals surface area contributed by atoms with Crippen LogP contribution in [0.5, 0.6) is 11.5 Å². The lowest BCUT2D eigenvalue weighted by molar-refractivity contribution is -0.137. The number of methoxy groups -OCH3 is 1. The molecule has 0 bridgehead atoms. The Labute approximate surface area is 101 Å². The molecule has 1 aromatic carbocycles. The van der Waals surface area contributed by atoms with Crippen LogP contribution in [0.2, 0.25) is 0 Å². The number of benzene rings is 1. The van der Waals surface area contributed by atoms with Crippen LogP contribution in [0.15, 0.2) is 18.2 Å². The molecule has 0 saturated carbocycles. The van der Waals surface area contributed by atoms with Crippen molar-refractivity contribution in [2.75, 3.05) is 13.7 Å². The minimum Gasteiger partial charge on any atom is -0.493 e. The second-order valence-electron chi connectivity index (χ2n) is 3.68. The van der Waals surface area contributed by atoms with Gasteiger partial charge in [0.1, 0.15) is 0 Å². The second kappa shape index (κ2) is 6.78. The summed E-state index contributed by atoms with van der Waals surface area (Å²) in [5, 5.41) is 8.50. The summed E-state index contributed by atoms with van der Waals surface area (Å²) in [4.78, 5) is 10.3. The van der Waals surface area contributed by atoms with Crippen molar-refractivity contribution in [2.45, 2.75) is 26.2 Å². The highest BCUT2D eigenvalue weighted by molar-refractivity contribution is 5.66. The van der Waals surface area contributed by atoms with Gasteiger partial charge in [0.15, 0.2) is 11.5 Å². The molecule has 4 heteroatoms. The smallest absolute Gasteiger partial charge is 0.303 e. The predicted octanol–water partition coefficient (Wildman–Crippen LogP) is 2.50. The van der Waals surface area contributed by atoms with Crippen LogP contribution in [0.1, 0.15) is 25.3 Å². The largest absolute Gasteiger partial charge is 0.493 e. The van der Waals surface area contributed by atoms with Crippen LogP contribution in [-0.4, -0.2) is 24.8 Å². The zero-order valence-electron chi connectivity index (χ0n) is 10.2. The van der Waals surface area contributed by atoms with E-state index in [9.17, 15) is 4.79 Å². The maximum absolute atomic E-state index is 10.3. The Balaban J connectivity index is 2.55. The molecule has 0 saturated heterocycles. The Morgan fingerprint density at radius 1 is 1.35 bits per heavy atom. The van der Waals surface area contributed by atoms with Crippen LogP contribution >= 0.6 is 0 Å². The minimum atomic E-state index is -0.804. The molecule has 94 valence electrons. The van der Waals surface area contributed by atoms with E-state index in [-0.39, 0.29) is 6.42 Å². The first-order chi connectivity index (χ1) is 8.17. The lowest BCUT2D eigenvalue weighted by atomic mass is 10.1. The van der Waals surface area contributed by atoms with E-state index in [4.69, 9.17) is 14.6 Å². The molecule has 4 nitrogen and oxygen atoms in total. The number of aliphatic carboxylic acids is 1. The second-order valence-corrected chi connectivity index (χ2v) is 3.68. The highest BCUT2D eigenvalue weighted by Crippen LogP contribution is 2.28. The van der Waals surface area contributed by atoms with Crippen LogP contribution in [0.25, 0.3) is 0 Å². The summed E-state index contributed by atoms with van der Waals surface area (Å²) < 4.78 is 10.7. The van der Waals surface area contributed by atoms with Crippen molar-refractivity contribution in [1.82, 2.24) is 0 Å². The first-order valence-corrected chi connectivity index (χ1v) is 5.69. The van der Waals surface area contributed by atoms with Gasteiger partial charge in [-0.15, -0.1) is 0 Å². The highest BCUT2D eigenvalue weighted by atomic mass is 16.5. The van der Waals surface area contributed by atoms with Gasteiger partial charge in [-0.05, 0) is 30.5 Å². The Hall–Kier alpha value is -1.71. The van der Waals surface area contributed by atoms with Gasteiger partial charge >= 0.3 is 5.97 Å². The van der Waals surface area contributed by atoms with E-state index >= 15 is 0 Å². The van der Waals surface area contributed by atoms with Crippen LogP contribution in [0, 0.1) is 0 Å². The molecule has 17 heavy (non-hydrogen) atoms. The Morgan fingerprint density at radius 2 is 2.12 bits per heavy atom. The van der Waals surface area contributed by atoms with E-state index in [1.165, 1.54) is 5.56 Å². The molecule has 0 amide bonds. The standard InChI is InChI=1S/C13H18O4/c1-3-10-6-7-11(12(9-10)16-2)17-8-4-5-13(14)15/h6-7,9H,3-5,8H2,1-2H3,(H,14,15). The molecule has 1 rings (SSSR count). The molecule has 0 fully saturated rings. The van der Waals surface area contributed by atoms with Gasteiger partial charge in [-0.25, -0.2) is 0 Å². The summed E-state index contributed by atoms with van der Waals surface area (Å²) in [6.07, 6.45) is 1.55. The summed E-state index contributed by atoms with van der Waals surface area (Å²) in [6.45, 7) is 2.45. The van der Waals surface area contributed by atoms with Crippen molar-refractivity contribution in [3.05, 3.63) is 23.8 Å². The molecule has 1 N–H and O–H groups in total. The fourth-order valence-corrected chi connectivity index (χ4v) is 1.46. The van der Waals surface area contributed by atoms with Crippen LogP contribution in [0.3, 0.4) is 0 Å². The lowest BCUT2D eigenvalue weighted by Gasteiger charge is -2.11. The van der Waals surface area contributed by atoms with E-state index < -0.39 is 5.97 Å². The van der Waals surface area contributed by atoms with Crippen molar-refractivity contribution in [3.63, 3.8) is 0 Å².